The minimum absolute atomic E-state index is 0.0108. The number of ether oxygens (including phenoxy) is 3. The fourth-order valence-corrected chi connectivity index (χ4v) is 3.83. The van der Waals surface area contributed by atoms with Gasteiger partial charge >= 0.3 is 0 Å². The molecule has 0 bridgehead atoms. The predicted octanol–water partition coefficient (Wildman–Crippen LogP) is 3.86. The Hall–Kier alpha value is -3.32. The molecular formula is C25H29NO6. The molecule has 1 saturated heterocycles. The zero-order valence-electron chi connectivity index (χ0n) is 19.0. The molecule has 0 aliphatic carbocycles. The summed E-state index contributed by atoms with van der Waals surface area (Å²) >= 11 is 0. The van der Waals surface area contributed by atoms with E-state index in [1.165, 1.54) is 19.1 Å². The van der Waals surface area contributed by atoms with Gasteiger partial charge < -0.3 is 24.2 Å². The van der Waals surface area contributed by atoms with E-state index >= 15 is 0 Å². The Balaban J connectivity index is 2.21. The molecule has 0 spiro atoms. The Kier molecular flexibility index (Phi) is 7.20. The van der Waals surface area contributed by atoms with Crippen molar-refractivity contribution >= 4 is 17.4 Å². The molecule has 0 aromatic heterocycles. The monoisotopic (exact) mass is 439 g/mol. The van der Waals surface area contributed by atoms with Crippen LogP contribution in [0.25, 0.3) is 5.76 Å². The lowest BCUT2D eigenvalue weighted by Gasteiger charge is -2.25. The number of aliphatic hydroxyl groups excluding tert-OH is 1. The first-order valence-corrected chi connectivity index (χ1v) is 10.5. The number of aliphatic hydroxyl groups is 1. The first kappa shape index (κ1) is 23.3. The van der Waals surface area contributed by atoms with Crippen LogP contribution >= 0.6 is 0 Å². The predicted molar refractivity (Wildman–Crippen MR) is 121 cm³/mol. The zero-order chi connectivity index (χ0) is 23.4. The molecule has 32 heavy (non-hydrogen) atoms. The van der Waals surface area contributed by atoms with E-state index in [1.807, 2.05) is 39.0 Å². The van der Waals surface area contributed by atoms with E-state index in [2.05, 4.69) is 0 Å². The number of carbonyl (C=O) groups is 2. The smallest absolute Gasteiger partial charge is 0.295 e. The third-order valence-corrected chi connectivity index (χ3v) is 5.23. The maximum Gasteiger partial charge on any atom is 0.295 e. The summed E-state index contributed by atoms with van der Waals surface area (Å²) in [5.74, 6) is -0.684. The maximum absolute atomic E-state index is 13.1. The van der Waals surface area contributed by atoms with Crippen molar-refractivity contribution < 1.29 is 28.9 Å². The van der Waals surface area contributed by atoms with Crippen LogP contribution in [0, 0.1) is 6.92 Å². The third kappa shape index (κ3) is 4.62. The normalized spacial score (nSPS) is 17.8. The third-order valence-electron chi connectivity index (χ3n) is 5.23. The average molecular weight is 440 g/mol. The molecule has 1 heterocycles. The van der Waals surface area contributed by atoms with Crippen molar-refractivity contribution in [1.82, 2.24) is 4.90 Å². The second kappa shape index (κ2) is 9.87. The van der Waals surface area contributed by atoms with Crippen LogP contribution in [-0.2, 0) is 14.3 Å². The van der Waals surface area contributed by atoms with Gasteiger partial charge in [0.25, 0.3) is 11.7 Å². The molecular weight excluding hydrogens is 410 g/mol. The van der Waals surface area contributed by atoms with E-state index in [-0.39, 0.29) is 30.6 Å². The number of likely N-dealkylation sites (tertiary alicyclic amines) is 1. The van der Waals surface area contributed by atoms with Crippen LogP contribution in [0.5, 0.6) is 11.5 Å². The number of rotatable bonds is 8. The topological polar surface area (TPSA) is 85.3 Å². The fourth-order valence-electron chi connectivity index (χ4n) is 3.83. The van der Waals surface area contributed by atoms with Crippen LogP contribution in [-0.4, -0.2) is 55.2 Å². The molecule has 7 heteroatoms. The number of hydrogen-bond acceptors (Lipinski definition) is 6. The van der Waals surface area contributed by atoms with Crippen LogP contribution in [0.1, 0.15) is 36.6 Å². The van der Waals surface area contributed by atoms with Crippen molar-refractivity contribution in [1.29, 1.82) is 0 Å². The Morgan fingerprint density at radius 3 is 2.53 bits per heavy atom. The summed E-state index contributed by atoms with van der Waals surface area (Å²) in [6.45, 7) is 6.16. The number of nitrogens with zero attached hydrogens (tertiary/aromatic N) is 1. The van der Waals surface area contributed by atoms with E-state index in [1.54, 1.807) is 24.3 Å². The summed E-state index contributed by atoms with van der Waals surface area (Å²) in [6.07, 6.45) is -0.0401. The van der Waals surface area contributed by atoms with E-state index in [0.29, 0.717) is 22.6 Å². The van der Waals surface area contributed by atoms with Gasteiger partial charge in [-0.05, 0) is 50.6 Å². The van der Waals surface area contributed by atoms with E-state index in [0.717, 1.165) is 5.56 Å². The summed E-state index contributed by atoms with van der Waals surface area (Å²) in [4.78, 5) is 27.5. The van der Waals surface area contributed by atoms with Crippen LogP contribution < -0.4 is 9.47 Å². The molecule has 1 aliphatic rings. The molecule has 7 nitrogen and oxygen atoms in total. The summed E-state index contributed by atoms with van der Waals surface area (Å²) in [5.41, 5.74) is 1.91. The number of hydrogen-bond donors (Lipinski definition) is 1. The van der Waals surface area contributed by atoms with Gasteiger partial charge in [0, 0.05) is 13.7 Å². The van der Waals surface area contributed by atoms with Gasteiger partial charge in [-0.2, -0.15) is 0 Å². The van der Waals surface area contributed by atoms with E-state index < -0.39 is 17.7 Å². The molecule has 170 valence electrons. The highest BCUT2D eigenvalue weighted by atomic mass is 16.5. The summed E-state index contributed by atoms with van der Waals surface area (Å²) in [5, 5.41) is 11.3. The first-order valence-electron chi connectivity index (χ1n) is 10.5. The highest BCUT2D eigenvalue weighted by molar-refractivity contribution is 6.46. The highest BCUT2D eigenvalue weighted by Gasteiger charge is 2.46. The number of carbonyl (C=O) groups excluding carboxylic acids is 2. The molecule has 1 atom stereocenters. The second-order valence-corrected chi connectivity index (χ2v) is 7.93. The number of methoxy groups -OCH3 is 2. The van der Waals surface area contributed by atoms with Crippen LogP contribution in [0.4, 0.5) is 0 Å². The lowest BCUT2D eigenvalue weighted by atomic mass is 9.94. The van der Waals surface area contributed by atoms with Crippen molar-refractivity contribution in [3.63, 3.8) is 0 Å². The van der Waals surface area contributed by atoms with Crippen molar-refractivity contribution in [2.45, 2.75) is 32.9 Å². The van der Waals surface area contributed by atoms with Crippen LogP contribution in [0.2, 0.25) is 0 Å². The van der Waals surface area contributed by atoms with Gasteiger partial charge in [0.1, 0.15) is 17.3 Å². The van der Waals surface area contributed by atoms with Gasteiger partial charge in [0.15, 0.2) is 0 Å². The number of aryl methyl sites for hydroxylation is 1. The Labute approximate surface area is 188 Å². The number of amides is 1. The van der Waals surface area contributed by atoms with Gasteiger partial charge in [-0.1, -0.05) is 23.8 Å². The van der Waals surface area contributed by atoms with Gasteiger partial charge in [-0.25, -0.2) is 0 Å². The zero-order valence-corrected chi connectivity index (χ0v) is 19.0. The highest BCUT2D eigenvalue weighted by Crippen LogP contribution is 2.41. The lowest BCUT2D eigenvalue weighted by molar-refractivity contribution is -0.140. The summed E-state index contributed by atoms with van der Waals surface area (Å²) in [7, 11) is 3.02. The van der Waals surface area contributed by atoms with Gasteiger partial charge in [0.05, 0.1) is 37.0 Å². The first-order chi connectivity index (χ1) is 15.3. The minimum Gasteiger partial charge on any atom is -0.507 e. The number of benzene rings is 2. The summed E-state index contributed by atoms with van der Waals surface area (Å²) < 4.78 is 16.4. The maximum atomic E-state index is 13.1. The van der Waals surface area contributed by atoms with Crippen LogP contribution in [0.15, 0.2) is 48.0 Å². The quantitative estimate of drug-likeness (QED) is 0.382. The van der Waals surface area contributed by atoms with Crippen LogP contribution in [0.3, 0.4) is 0 Å². The fraction of sp³-hybridized carbons (Fsp3) is 0.360. The molecule has 2 aromatic carbocycles. The number of ketones is 1. The molecule has 0 saturated carbocycles. The van der Waals surface area contributed by atoms with Crippen molar-refractivity contribution in [3.05, 3.63) is 64.7 Å². The van der Waals surface area contributed by atoms with E-state index in [9.17, 15) is 14.7 Å². The Morgan fingerprint density at radius 1 is 1.12 bits per heavy atom. The SMILES string of the molecule is COCCN1C(=O)C(=O)/C(=C(/O)c2cc(C)ccc2OC)C1c1cccc(OC(C)C)c1. The molecule has 0 radical (unpaired) electrons. The molecule has 3 rings (SSSR count). The average Bonchev–Trinajstić information content (AvgIpc) is 3.01. The van der Waals surface area contributed by atoms with Gasteiger partial charge in [0.2, 0.25) is 0 Å². The summed E-state index contributed by atoms with van der Waals surface area (Å²) in [6, 6.07) is 11.7. The molecule has 1 unspecified atom stereocenters. The molecule has 1 aliphatic heterocycles. The van der Waals surface area contributed by atoms with Gasteiger partial charge in [-0.3, -0.25) is 9.59 Å². The largest absolute Gasteiger partial charge is 0.507 e. The van der Waals surface area contributed by atoms with Crippen molar-refractivity contribution in [2.75, 3.05) is 27.4 Å². The number of Topliss-reactive ketones (excluding diaryl/α,β-unsaturated/α-hetero) is 1. The Morgan fingerprint density at radius 2 is 1.88 bits per heavy atom. The minimum atomic E-state index is -0.786. The van der Waals surface area contributed by atoms with Crippen molar-refractivity contribution in [3.8, 4) is 11.5 Å². The molecule has 1 N–H and O–H groups in total. The van der Waals surface area contributed by atoms with E-state index in [4.69, 9.17) is 14.2 Å². The lowest BCUT2D eigenvalue weighted by Crippen LogP contribution is -2.32. The van der Waals surface area contributed by atoms with Crippen molar-refractivity contribution in [2.24, 2.45) is 0 Å². The molecule has 2 aromatic rings. The second-order valence-electron chi connectivity index (χ2n) is 7.93. The Bertz CT molecular complexity index is 1040. The van der Waals surface area contributed by atoms with Gasteiger partial charge in [-0.15, -0.1) is 0 Å². The molecule has 1 fully saturated rings. The molecule has 1 amide bonds. The standard InChI is InChI=1S/C25H29NO6/c1-15(2)32-18-8-6-7-17(14-18)22-21(24(28)25(29)26(22)11-12-30-4)23(27)19-13-16(3)9-10-20(19)31-5/h6-10,13-15,22,27H,11-12H2,1-5H3/b23-21+.